The van der Waals surface area contributed by atoms with Crippen molar-refractivity contribution < 1.29 is 4.39 Å². The van der Waals surface area contributed by atoms with Crippen molar-refractivity contribution in [2.75, 3.05) is 11.8 Å². The summed E-state index contributed by atoms with van der Waals surface area (Å²) in [7, 11) is 0. The van der Waals surface area contributed by atoms with Crippen LogP contribution in [0, 0.1) is 5.82 Å². The Hall–Kier alpha value is 0.170. The molecule has 0 bridgehead atoms. The molecule has 1 aromatic carbocycles. The molecule has 0 aliphatic carbocycles. The third kappa shape index (κ3) is 3.88. The van der Waals surface area contributed by atoms with Gasteiger partial charge in [-0.3, -0.25) is 0 Å². The molecule has 0 spiro atoms. The van der Waals surface area contributed by atoms with Gasteiger partial charge < -0.3 is 5.32 Å². The smallest absolute Gasteiger partial charge is 0.127 e. The Morgan fingerprint density at radius 1 is 1.38 bits per heavy atom. The van der Waals surface area contributed by atoms with Crippen molar-refractivity contribution in [2.24, 2.45) is 0 Å². The van der Waals surface area contributed by atoms with Crippen molar-refractivity contribution in [3.05, 3.63) is 34.1 Å². The fourth-order valence-electron chi connectivity index (χ4n) is 1.12. The number of nitrogens with one attached hydrogen (secondary N) is 1. The van der Waals surface area contributed by atoms with Crippen LogP contribution >= 0.6 is 39.1 Å². The van der Waals surface area contributed by atoms with E-state index in [0.29, 0.717) is 23.9 Å². The van der Waals surface area contributed by atoms with Gasteiger partial charge in [-0.05, 0) is 25.1 Å². The molecule has 90 valence electrons. The van der Waals surface area contributed by atoms with Crippen LogP contribution < -0.4 is 5.32 Å². The normalized spacial score (nSPS) is 11.8. The number of halogens is 4. The van der Waals surface area contributed by atoms with Gasteiger partial charge >= 0.3 is 0 Å². The molecular weight excluding hydrogens is 316 g/mol. The molecule has 16 heavy (non-hydrogen) atoms. The van der Waals surface area contributed by atoms with E-state index in [1.807, 2.05) is 6.92 Å². The number of alkyl halides is 2. The molecule has 0 fully saturated rings. The molecule has 0 saturated carbocycles. The van der Waals surface area contributed by atoms with Crippen molar-refractivity contribution >= 4 is 39.1 Å². The lowest BCUT2D eigenvalue weighted by Gasteiger charge is -2.26. The average molecular weight is 329 g/mol. The SMILES string of the molecule is CC(CCl)(CCl)NCc1cc(Br)ccc1F. The van der Waals surface area contributed by atoms with E-state index in [1.54, 1.807) is 12.1 Å². The molecule has 0 aliphatic rings. The van der Waals surface area contributed by atoms with Crippen LogP contribution in [0.15, 0.2) is 22.7 Å². The summed E-state index contributed by atoms with van der Waals surface area (Å²) in [6, 6.07) is 4.84. The van der Waals surface area contributed by atoms with E-state index in [-0.39, 0.29) is 11.4 Å². The lowest BCUT2D eigenvalue weighted by Crippen LogP contribution is -2.45. The van der Waals surface area contributed by atoms with Crippen LogP contribution in [-0.4, -0.2) is 17.3 Å². The predicted octanol–water partition coefficient (Wildman–Crippen LogP) is 3.91. The molecule has 0 atom stereocenters. The molecule has 0 saturated heterocycles. The summed E-state index contributed by atoms with van der Waals surface area (Å²) >= 11 is 14.9. The molecule has 1 rings (SSSR count). The Morgan fingerprint density at radius 2 is 2.00 bits per heavy atom. The van der Waals surface area contributed by atoms with E-state index in [1.165, 1.54) is 6.07 Å². The zero-order valence-corrected chi connectivity index (χ0v) is 12.0. The van der Waals surface area contributed by atoms with Crippen LogP contribution in [0.1, 0.15) is 12.5 Å². The largest absolute Gasteiger partial charge is 0.305 e. The van der Waals surface area contributed by atoms with Gasteiger partial charge in [0.25, 0.3) is 0 Å². The maximum Gasteiger partial charge on any atom is 0.127 e. The highest BCUT2D eigenvalue weighted by Crippen LogP contribution is 2.17. The van der Waals surface area contributed by atoms with Gasteiger partial charge in [-0.1, -0.05) is 15.9 Å². The summed E-state index contributed by atoms with van der Waals surface area (Å²) in [5, 5.41) is 3.16. The van der Waals surface area contributed by atoms with Gasteiger partial charge in [-0.15, -0.1) is 23.2 Å². The van der Waals surface area contributed by atoms with Crippen LogP contribution in [0.2, 0.25) is 0 Å². The molecule has 0 unspecified atom stereocenters. The molecule has 0 radical (unpaired) electrons. The minimum atomic E-state index is -0.377. The van der Waals surface area contributed by atoms with E-state index >= 15 is 0 Å². The molecule has 1 aromatic rings. The number of benzene rings is 1. The molecule has 0 aromatic heterocycles. The van der Waals surface area contributed by atoms with Gasteiger partial charge in [0.05, 0.1) is 0 Å². The highest BCUT2D eigenvalue weighted by molar-refractivity contribution is 9.10. The summed E-state index contributed by atoms with van der Waals surface area (Å²) in [6.07, 6.45) is 0. The quantitative estimate of drug-likeness (QED) is 0.808. The van der Waals surface area contributed by atoms with E-state index in [9.17, 15) is 4.39 Å². The van der Waals surface area contributed by atoms with E-state index < -0.39 is 0 Å². The zero-order chi connectivity index (χ0) is 12.2. The first-order valence-corrected chi connectivity index (χ1v) is 6.68. The third-order valence-electron chi connectivity index (χ3n) is 2.30. The maximum absolute atomic E-state index is 13.4. The van der Waals surface area contributed by atoms with Crippen molar-refractivity contribution in [3.63, 3.8) is 0 Å². The van der Waals surface area contributed by atoms with Gasteiger partial charge in [0, 0.05) is 33.9 Å². The molecule has 0 aliphatic heterocycles. The van der Waals surface area contributed by atoms with Gasteiger partial charge in [-0.25, -0.2) is 4.39 Å². The number of hydrogen-bond acceptors (Lipinski definition) is 1. The van der Waals surface area contributed by atoms with Gasteiger partial charge in [0.15, 0.2) is 0 Å². The molecular formula is C11H13BrCl2FN. The summed E-state index contributed by atoms with van der Waals surface area (Å²) in [5.41, 5.74) is 0.216. The number of hydrogen-bond donors (Lipinski definition) is 1. The highest BCUT2D eigenvalue weighted by Gasteiger charge is 2.21. The first-order chi connectivity index (χ1) is 7.50. The van der Waals surface area contributed by atoms with Crippen LogP contribution in [-0.2, 0) is 6.54 Å². The van der Waals surface area contributed by atoms with Crippen LogP contribution in [0.3, 0.4) is 0 Å². The topological polar surface area (TPSA) is 12.0 Å². The summed E-state index contributed by atoms with van der Waals surface area (Å²) in [4.78, 5) is 0. The van der Waals surface area contributed by atoms with Crippen LogP contribution in [0.25, 0.3) is 0 Å². The highest BCUT2D eigenvalue weighted by atomic mass is 79.9. The zero-order valence-electron chi connectivity index (χ0n) is 8.87. The van der Waals surface area contributed by atoms with Crippen LogP contribution in [0.5, 0.6) is 0 Å². The van der Waals surface area contributed by atoms with Crippen molar-refractivity contribution in [2.45, 2.75) is 19.0 Å². The molecule has 0 amide bonds. The van der Waals surface area contributed by atoms with Crippen molar-refractivity contribution in [1.29, 1.82) is 0 Å². The predicted molar refractivity (Wildman–Crippen MR) is 70.8 cm³/mol. The van der Waals surface area contributed by atoms with E-state index in [2.05, 4.69) is 21.2 Å². The van der Waals surface area contributed by atoms with Gasteiger partial charge in [0.1, 0.15) is 5.82 Å². The molecule has 1 nitrogen and oxygen atoms in total. The third-order valence-corrected chi connectivity index (χ3v) is 3.98. The molecule has 0 heterocycles. The average Bonchev–Trinajstić information content (AvgIpc) is 2.30. The minimum absolute atomic E-state index is 0.234. The second-order valence-corrected chi connectivity index (χ2v) is 5.37. The fourth-order valence-corrected chi connectivity index (χ4v) is 2.00. The standard InChI is InChI=1S/C11H13BrCl2FN/c1-11(6-13,7-14)16-5-8-4-9(12)2-3-10(8)15/h2-4,16H,5-7H2,1H3. The number of rotatable bonds is 5. The molecule has 1 N–H and O–H groups in total. The Bertz CT molecular complexity index is 356. The lowest BCUT2D eigenvalue weighted by molar-refractivity contribution is 0.428. The summed E-state index contributed by atoms with van der Waals surface area (Å²) in [6.45, 7) is 2.31. The Labute approximate surface area is 113 Å². The first kappa shape index (κ1) is 14.2. The van der Waals surface area contributed by atoms with E-state index in [0.717, 1.165) is 4.47 Å². The molecule has 5 heteroatoms. The van der Waals surface area contributed by atoms with Crippen molar-refractivity contribution in [3.8, 4) is 0 Å². The van der Waals surface area contributed by atoms with E-state index in [4.69, 9.17) is 23.2 Å². The maximum atomic E-state index is 13.4. The fraction of sp³-hybridized carbons (Fsp3) is 0.455. The second-order valence-electron chi connectivity index (χ2n) is 3.92. The Kier molecular flexibility index (Phi) is 5.51. The monoisotopic (exact) mass is 327 g/mol. The van der Waals surface area contributed by atoms with Gasteiger partial charge in [-0.2, -0.15) is 0 Å². The van der Waals surface area contributed by atoms with Gasteiger partial charge in [0.2, 0.25) is 0 Å². The first-order valence-electron chi connectivity index (χ1n) is 4.81. The Balaban J connectivity index is 2.70. The Morgan fingerprint density at radius 3 is 2.56 bits per heavy atom. The van der Waals surface area contributed by atoms with Crippen LogP contribution in [0.4, 0.5) is 4.39 Å². The lowest BCUT2D eigenvalue weighted by atomic mass is 10.1. The minimum Gasteiger partial charge on any atom is -0.305 e. The summed E-state index contributed by atoms with van der Waals surface area (Å²) in [5.74, 6) is 0.528. The van der Waals surface area contributed by atoms with Crippen molar-refractivity contribution in [1.82, 2.24) is 5.32 Å². The second kappa shape index (κ2) is 6.20. The summed E-state index contributed by atoms with van der Waals surface area (Å²) < 4.78 is 14.3.